The van der Waals surface area contributed by atoms with Crippen LogP contribution in [0.5, 0.6) is 0 Å². The summed E-state index contributed by atoms with van der Waals surface area (Å²) < 4.78 is 5.77. The minimum absolute atomic E-state index is 0.114. The summed E-state index contributed by atoms with van der Waals surface area (Å²) in [4.78, 5) is 12.2. The Morgan fingerprint density at radius 1 is 1.32 bits per heavy atom. The van der Waals surface area contributed by atoms with Gasteiger partial charge in [0.2, 0.25) is 5.91 Å². The van der Waals surface area contributed by atoms with Crippen LogP contribution in [0.15, 0.2) is 34.7 Å². The molecule has 118 valence electrons. The van der Waals surface area contributed by atoms with Crippen LogP contribution in [0.1, 0.15) is 57.3 Å². The quantitative estimate of drug-likeness (QED) is 0.905. The first-order chi connectivity index (χ1) is 10.6. The van der Waals surface area contributed by atoms with E-state index < -0.39 is 5.60 Å². The Morgan fingerprint density at radius 3 is 2.77 bits per heavy atom. The number of carbonyl (C=O) groups excluding carboxylic acids is 1. The third kappa shape index (κ3) is 3.33. The second-order valence-electron chi connectivity index (χ2n) is 6.44. The highest BCUT2D eigenvalue weighted by Crippen LogP contribution is 2.31. The summed E-state index contributed by atoms with van der Waals surface area (Å²) in [6.45, 7) is 1.90. The highest BCUT2D eigenvalue weighted by molar-refractivity contribution is 5.79. The van der Waals surface area contributed by atoms with Gasteiger partial charge in [-0.1, -0.05) is 37.5 Å². The summed E-state index contributed by atoms with van der Waals surface area (Å²) in [5, 5.41) is 14.4. The number of fused-ring (bicyclic) bond motifs is 1. The van der Waals surface area contributed by atoms with Gasteiger partial charge in [-0.2, -0.15) is 0 Å². The molecule has 1 aromatic carbocycles. The van der Waals surface area contributed by atoms with Crippen molar-refractivity contribution >= 4 is 16.9 Å². The second-order valence-corrected chi connectivity index (χ2v) is 6.44. The highest BCUT2D eigenvalue weighted by atomic mass is 16.3. The molecule has 0 aliphatic heterocycles. The van der Waals surface area contributed by atoms with Gasteiger partial charge in [-0.25, -0.2) is 0 Å². The van der Waals surface area contributed by atoms with Crippen molar-refractivity contribution in [2.24, 2.45) is 0 Å². The molecule has 1 saturated carbocycles. The molecular formula is C18H23NO3. The van der Waals surface area contributed by atoms with Gasteiger partial charge in [-0.3, -0.25) is 4.79 Å². The van der Waals surface area contributed by atoms with E-state index in [9.17, 15) is 9.90 Å². The molecule has 3 rings (SSSR count). The van der Waals surface area contributed by atoms with Crippen LogP contribution in [-0.2, 0) is 4.79 Å². The molecule has 1 aliphatic carbocycles. The third-order valence-corrected chi connectivity index (χ3v) is 4.52. The summed E-state index contributed by atoms with van der Waals surface area (Å²) in [5.41, 5.74) is 0.000137. The topological polar surface area (TPSA) is 62.5 Å². The van der Waals surface area contributed by atoms with Crippen molar-refractivity contribution in [2.45, 2.75) is 57.1 Å². The molecule has 1 fully saturated rings. The van der Waals surface area contributed by atoms with Crippen LogP contribution >= 0.6 is 0 Å². The maximum absolute atomic E-state index is 12.2. The third-order valence-electron chi connectivity index (χ3n) is 4.52. The summed E-state index contributed by atoms with van der Waals surface area (Å²) in [6, 6.07) is 9.54. The number of amides is 1. The molecule has 4 heteroatoms. The average molecular weight is 301 g/mol. The largest absolute Gasteiger partial charge is 0.459 e. The molecule has 1 atom stereocenters. The van der Waals surface area contributed by atoms with Gasteiger partial charge in [-0.15, -0.1) is 0 Å². The zero-order chi connectivity index (χ0) is 15.6. The van der Waals surface area contributed by atoms with Gasteiger partial charge in [0.1, 0.15) is 11.3 Å². The Kier molecular flexibility index (Phi) is 4.21. The van der Waals surface area contributed by atoms with Gasteiger partial charge in [0.25, 0.3) is 0 Å². The Labute approximate surface area is 130 Å². The van der Waals surface area contributed by atoms with Gasteiger partial charge < -0.3 is 14.8 Å². The van der Waals surface area contributed by atoms with E-state index in [0.717, 1.165) is 48.8 Å². The minimum atomic E-state index is -0.823. The van der Waals surface area contributed by atoms with Crippen LogP contribution in [0.25, 0.3) is 11.0 Å². The summed E-state index contributed by atoms with van der Waals surface area (Å²) in [7, 11) is 0. The van der Waals surface area contributed by atoms with Crippen molar-refractivity contribution in [3.8, 4) is 0 Å². The predicted molar refractivity (Wildman–Crippen MR) is 85.4 cm³/mol. The van der Waals surface area contributed by atoms with Gasteiger partial charge in [0, 0.05) is 5.39 Å². The van der Waals surface area contributed by atoms with Crippen molar-refractivity contribution in [1.82, 2.24) is 5.32 Å². The normalized spacial score (nSPS) is 19.0. The van der Waals surface area contributed by atoms with E-state index in [0.29, 0.717) is 0 Å². The van der Waals surface area contributed by atoms with E-state index in [1.54, 1.807) is 0 Å². The summed E-state index contributed by atoms with van der Waals surface area (Å²) in [5.74, 6) is 0.627. The molecule has 4 nitrogen and oxygen atoms in total. The molecule has 2 aromatic rings. The van der Waals surface area contributed by atoms with Gasteiger partial charge in [0.05, 0.1) is 18.1 Å². The molecule has 1 aromatic heterocycles. The Hall–Kier alpha value is -1.81. The standard InChI is InChI=1S/C18H23NO3/c1-13(16-11-14-7-3-4-8-15(14)22-16)19-17(20)12-18(21)9-5-2-6-10-18/h3-4,7-8,11,13,21H,2,5-6,9-10,12H2,1H3,(H,19,20). The lowest BCUT2D eigenvalue weighted by molar-refractivity contribution is -0.128. The number of carbonyl (C=O) groups is 1. The van der Waals surface area contributed by atoms with Crippen LogP contribution in [0.2, 0.25) is 0 Å². The van der Waals surface area contributed by atoms with Crippen LogP contribution < -0.4 is 5.32 Å². The first-order valence-corrected chi connectivity index (χ1v) is 8.06. The van der Waals surface area contributed by atoms with E-state index in [-0.39, 0.29) is 18.4 Å². The van der Waals surface area contributed by atoms with Crippen molar-refractivity contribution < 1.29 is 14.3 Å². The van der Waals surface area contributed by atoms with Crippen LogP contribution in [0.3, 0.4) is 0 Å². The van der Waals surface area contributed by atoms with Crippen molar-refractivity contribution in [2.75, 3.05) is 0 Å². The number of aliphatic hydroxyl groups is 1. The molecule has 1 aliphatic rings. The first-order valence-electron chi connectivity index (χ1n) is 8.06. The second kappa shape index (κ2) is 6.13. The van der Waals surface area contributed by atoms with Crippen molar-refractivity contribution in [3.05, 3.63) is 36.1 Å². The molecule has 2 N–H and O–H groups in total. The monoisotopic (exact) mass is 301 g/mol. The van der Waals surface area contributed by atoms with E-state index in [2.05, 4.69) is 5.32 Å². The van der Waals surface area contributed by atoms with E-state index in [1.165, 1.54) is 0 Å². The molecule has 0 saturated heterocycles. The Balaban J connectivity index is 1.63. The van der Waals surface area contributed by atoms with Crippen molar-refractivity contribution in [1.29, 1.82) is 0 Å². The highest BCUT2D eigenvalue weighted by Gasteiger charge is 2.32. The zero-order valence-electron chi connectivity index (χ0n) is 13.0. The van der Waals surface area contributed by atoms with Gasteiger partial charge >= 0.3 is 0 Å². The number of rotatable bonds is 4. The van der Waals surface area contributed by atoms with Crippen LogP contribution in [0.4, 0.5) is 0 Å². The molecule has 1 unspecified atom stereocenters. The minimum Gasteiger partial charge on any atom is -0.459 e. The fourth-order valence-corrected chi connectivity index (χ4v) is 3.26. The fraction of sp³-hybridized carbons (Fsp3) is 0.500. The number of nitrogens with one attached hydrogen (secondary N) is 1. The maximum atomic E-state index is 12.2. The number of hydrogen-bond acceptors (Lipinski definition) is 3. The lowest BCUT2D eigenvalue weighted by Gasteiger charge is -2.31. The molecule has 1 amide bonds. The fourth-order valence-electron chi connectivity index (χ4n) is 3.26. The molecule has 0 radical (unpaired) electrons. The average Bonchev–Trinajstić information content (AvgIpc) is 2.91. The van der Waals surface area contributed by atoms with Gasteiger partial charge in [0.15, 0.2) is 0 Å². The SMILES string of the molecule is CC(NC(=O)CC1(O)CCCCC1)c1cc2ccccc2o1. The van der Waals surface area contributed by atoms with E-state index in [1.807, 2.05) is 37.3 Å². The lowest BCUT2D eigenvalue weighted by Crippen LogP contribution is -2.39. The smallest absolute Gasteiger partial charge is 0.223 e. The zero-order valence-corrected chi connectivity index (χ0v) is 13.0. The van der Waals surface area contributed by atoms with Crippen LogP contribution in [-0.4, -0.2) is 16.6 Å². The maximum Gasteiger partial charge on any atom is 0.223 e. The molecule has 1 heterocycles. The number of benzene rings is 1. The lowest BCUT2D eigenvalue weighted by atomic mass is 9.82. The van der Waals surface area contributed by atoms with Crippen molar-refractivity contribution in [3.63, 3.8) is 0 Å². The molecule has 0 spiro atoms. The Bertz CT molecular complexity index is 622. The summed E-state index contributed by atoms with van der Waals surface area (Å²) in [6.07, 6.45) is 4.78. The van der Waals surface area contributed by atoms with E-state index in [4.69, 9.17) is 4.42 Å². The predicted octanol–water partition coefficient (Wildman–Crippen LogP) is 3.70. The van der Waals surface area contributed by atoms with E-state index >= 15 is 0 Å². The Morgan fingerprint density at radius 2 is 2.05 bits per heavy atom. The first kappa shape index (κ1) is 15.1. The summed E-state index contributed by atoms with van der Waals surface area (Å²) >= 11 is 0. The number of furan rings is 1. The van der Waals surface area contributed by atoms with Gasteiger partial charge in [-0.05, 0) is 31.9 Å². The molecule has 0 bridgehead atoms. The molecular weight excluding hydrogens is 278 g/mol. The number of para-hydroxylation sites is 1. The van der Waals surface area contributed by atoms with Crippen LogP contribution in [0, 0.1) is 0 Å². The molecule has 22 heavy (non-hydrogen) atoms. The number of hydrogen-bond donors (Lipinski definition) is 2.